The van der Waals surface area contributed by atoms with Crippen molar-refractivity contribution in [2.75, 3.05) is 25.1 Å². The third-order valence-electron chi connectivity index (χ3n) is 8.70. The lowest BCUT2D eigenvalue weighted by Crippen LogP contribution is -2.59. The molecule has 0 radical (unpaired) electrons. The summed E-state index contributed by atoms with van der Waals surface area (Å²) in [7, 11) is 0. The van der Waals surface area contributed by atoms with E-state index in [-0.39, 0.29) is 62.9 Å². The van der Waals surface area contributed by atoms with Gasteiger partial charge in [0, 0.05) is 24.9 Å². The van der Waals surface area contributed by atoms with Gasteiger partial charge in [0.25, 0.3) is 0 Å². The highest BCUT2D eigenvalue weighted by molar-refractivity contribution is 7.98. The van der Waals surface area contributed by atoms with Crippen molar-refractivity contribution in [3.63, 3.8) is 0 Å². The Balaban J connectivity index is 3.33. The quantitative estimate of drug-likeness (QED) is 0.0232. The fraction of sp³-hybridized carbons (Fsp3) is 0.676. The van der Waals surface area contributed by atoms with E-state index in [0.29, 0.717) is 11.4 Å². The average molecular weight is 868 g/mol. The van der Waals surface area contributed by atoms with Gasteiger partial charge >= 0.3 is 5.97 Å². The second-order valence-electron chi connectivity index (χ2n) is 15.2. The molecular formula is C37H65N13O9S. The molecule has 0 aliphatic carbocycles. The van der Waals surface area contributed by atoms with E-state index in [4.69, 9.17) is 17.2 Å². The van der Waals surface area contributed by atoms with E-state index in [1.54, 1.807) is 13.8 Å². The number of guanidine groups is 1. The summed E-state index contributed by atoms with van der Waals surface area (Å²) in [5, 5.41) is 27.5. The fourth-order valence-corrected chi connectivity index (χ4v) is 6.03. The van der Waals surface area contributed by atoms with Crippen LogP contribution in [0.15, 0.2) is 17.5 Å². The van der Waals surface area contributed by atoms with E-state index in [2.05, 4.69) is 52.2 Å². The summed E-state index contributed by atoms with van der Waals surface area (Å²) in [5.74, 6) is -6.05. The Morgan fingerprint density at radius 3 is 1.82 bits per heavy atom. The van der Waals surface area contributed by atoms with Gasteiger partial charge in [0.1, 0.15) is 36.3 Å². The summed E-state index contributed by atoms with van der Waals surface area (Å²) in [6.07, 6.45) is 5.20. The number of imidazole rings is 1. The minimum Gasteiger partial charge on any atom is -0.480 e. The molecule has 1 aromatic heterocycles. The molecule has 0 saturated carbocycles. The number of carboxylic acid groups (broad SMARTS) is 1. The number of carbonyl (C=O) groups is 8. The lowest BCUT2D eigenvalue weighted by Gasteiger charge is -2.27. The molecule has 0 fully saturated rings. The average Bonchev–Trinajstić information content (AvgIpc) is 3.68. The van der Waals surface area contributed by atoms with Gasteiger partial charge in [-0.25, -0.2) is 9.78 Å². The van der Waals surface area contributed by atoms with Crippen molar-refractivity contribution in [1.82, 2.24) is 47.2 Å². The van der Waals surface area contributed by atoms with Crippen molar-refractivity contribution in [3.05, 3.63) is 18.2 Å². The predicted octanol–water partition coefficient (Wildman–Crippen LogP) is -2.67. The molecule has 0 aromatic carbocycles. The smallest absolute Gasteiger partial charge is 0.326 e. The number of nitrogens with one attached hydrogen (secondary N) is 8. The molecule has 338 valence electrons. The SMILES string of the molecule is CSCC[C@H](NC(=O)[C@H](C)NC(=O)[C@H](C)N)C(=O)N[C@@H](CC(C)C)C(=O)N[C@@H](CCCN=C(N)N)C(=O)N[C@@H](Cc1cnc[nH]1)C(=O)NCC(=O)N[C@@H](CC(C)C)C(=O)O. The van der Waals surface area contributed by atoms with E-state index in [0.717, 1.165) is 0 Å². The first kappa shape index (κ1) is 52.6. The number of hydrogen-bond donors (Lipinski definition) is 12. The van der Waals surface area contributed by atoms with Gasteiger partial charge in [0.15, 0.2) is 5.96 Å². The normalized spacial score (nSPS) is 14.6. The molecule has 1 heterocycles. The van der Waals surface area contributed by atoms with E-state index in [1.807, 2.05) is 20.1 Å². The number of rotatable bonds is 28. The Hall–Kier alpha value is -5.45. The van der Waals surface area contributed by atoms with Crippen molar-refractivity contribution in [2.24, 2.45) is 34.0 Å². The van der Waals surface area contributed by atoms with Gasteiger partial charge in [-0.2, -0.15) is 11.8 Å². The molecule has 1 rings (SSSR count). The molecule has 0 aliphatic rings. The number of nitrogens with zero attached hydrogens (tertiary/aromatic N) is 2. The topological polar surface area (TPSA) is 360 Å². The zero-order valence-electron chi connectivity index (χ0n) is 35.5. The van der Waals surface area contributed by atoms with Gasteiger partial charge in [0.05, 0.1) is 18.9 Å². The number of amides is 7. The van der Waals surface area contributed by atoms with Gasteiger partial charge in [-0.1, -0.05) is 27.7 Å². The highest BCUT2D eigenvalue weighted by atomic mass is 32.2. The van der Waals surface area contributed by atoms with Crippen LogP contribution in [0.1, 0.15) is 79.3 Å². The number of hydrogen-bond acceptors (Lipinski definition) is 12. The molecule has 0 bridgehead atoms. The van der Waals surface area contributed by atoms with Gasteiger partial charge in [-0.15, -0.1) is 0 Å². The summed E-state index contributed by atoms with van der Waals surface area (Å²) < 4.78 is 0. The molecule has 0 unspecified atom stereocenters. The first-order chi connectivity index (χ1) is 28.1. The molecule has 7 atom stereocenters. The zero-order valence-corrected chi connectivity index (χ0v) is 36.3. The summed E-state index contributed by atoms with van der Waals surface area (Å²) in [5.41, 5.74) is 17.0. The zero-order chi connectivity index (χ0) is 45.5. The lowest BCUT2D eigenvalue weighted by molar-refractivity contribution is -0.142. The van der Waals surface area contributed by atoms with Gasteiger partial charge < -0.3 is 64.5 Å². The lowest BCUT2D eigenvalue weighted by atomic mass is 10.0. The highest BCUT2D eigenvalue weighted by Gasteiger charge is 2.33. The Kier molecular flexibility index (Phi) is 24.0. The summed E-state index contributed by atoms with van der Waals surface area (Å²) in [4.78, 5) is 115. The molecule has 0 saturated heterocycles. The predicted molar refractivity (Wildman–Crippen MR) is 226 cm³/mol. The number of aliphatic imine (C=N–C) groups is 1. The van der Waals surface area contributed by atoms with Gasteiger partial charge in [0.2, 0.25) is 41.4 Å². The number of carbonyl (C=O) groups excluding carboxylic acids is 7. The molecule has 60 heavy (non-hydrogen) atoms. The number of aromatic amines is 1. The number of nitrogens with two attached hydrogens (primary N) is 3. The first-order valence-corrected chi connectivity index (χ1v) is 21.1. The Labute approximate surface area is 354 Å². The monoisotopic (exact) mass is 867 g/mol. The third kappa shape index (κ3) is 21.0. The second kappa shape index (κ2) is 27.3. The van der Waals surface area contributed by atoms with Crippen molar-refractivity contribution >= 4 is 65.0 Å². The van der Waals surface area contributed by atoms with Crippen LogP contribution in [0.25, 0.3) is 0 Å². The van der Waals surface area contributed by atoms with E-state index >= 15 is 0 Å². The minimum atomic E-state index is -1.30. The molecule has 0 aliphatic heterocycles. The number of thioether (sulfide) groups is 1. The third-order valence-corrected chi connectivity index (χ3v) is 9.35. The first-order valence-electron chi connectivity index (χ1n) is 19.7. The Bertz CT molecular complexity index is 1600. The number of aliphatic carboxylic acids is 1. The van der Waals surface area contributed by atoms with Gasteiger partial charge in [-0.05, 0) is 69.8 Å². The maximum atomic E-state index is 14.0. The van der Waals surface area contributed by atoms with Crippen LogP contribution in [0.5, 0.6) is 0 Å². The van der Waals surface area contributed by atoms with Crippen molar-refractivity contribution in [2.45, 2.75) is 122 Å². The van der Waals surface area contributed by atoms with Crippen LogP contribution in [0.2, 0.25) is 0 Å². The minimum absolute atomic E-state index is 0.0125. The maximum Gasteiger partial charge on any atom is 0.326 e. The van der Waals surface area contributed by atoms with Crippen LogP contribution < -0.4 is 54.4 Å². The standard InChI is InChI=1S/C37H65N13O9S/c1-19(2)13-26(49-34(56)25(10-12-60-7)47-31(53)22(6)45-30(52)21(5)38)35(57)48-24(9-8-11-42-37(39)40)33(55)50-27(15-23-16-41-18-44-23)32(54)43-17-29(51)46-28(36(58)59)14-20(3)4/h16,18-22,24-28H,8-15,17,38H2,1-7H3,(H,41,44)(H,43,54)(H,45,52)(H,46,51)(H,47,53)(H,48,57)(H,49,56)(H,50,55)(H,58,59)(H4,39,40,42)/t21-,22-,24-,25-,26-,27-,28-/m0/s1. The Morgan fingerprint density at radius 2 is 1.28 bits per heavy atom. The van der Waals surface area contributed by atoms with Crippen molar-refractivity contribution in [1.29, 1.82) is 0 Å². The molecule has 22 nitrogen and oxygen atoms in total. The summed E-state index contributed by atoms with van der Waals surface area (Å²) in [6.45, 7) is 9.65. The van der Waals surface area contributed by atoms with Crippen molar-refractivity contribution < 1.29 is 43.5 Å². The maximum absolute atomic E-state index is 14.0. The van der Waals surface area contributed by atoms with Crippen LogP contribution in [0.3, 0.4) is 0 Å². The Morgan fingerprint density at radius 1 is 0.733 bits per heavy atom. The van der Waals surface area contributed by atoms with E-state index in [1.165, 1.54) is 38.1 Å². The number of H-pyrrole nitrogens is 1. The summed E-state index contributed by atoms with van der Waals surface area (Å²) in [6, 6.07) is -7.91. The molecule has 15 N–H and O–H groups in total. The summed E-state index contributed by atoms with van der Waals surface area (Å²) >= 11 is 1.43. The molecule has 0 spiro atoms. The highest BCUT2D eigenvalue weighted by Crippen LogP contribution is 2.10. The second-order valence-corrected chi connectivity index (χ2v) is 16.2. The van der Waals surface area contributed by atoms with Crippen LogP contribution in [-0.4, -0.2) is 136 Å². The van der Waals surface area contributed by atoms with Gasteiger partial charge in [-0.3, -0.25) is 38.6 Å². The van der Waals surface area contributed by atoms with E-state index in [9.17, 15) is 43.5 Å². The number of carboxylic acids is 1. The van der Waals surface area contributed by atoms with Crippen LogP contribution in [-0.2, 0) is 44.8 Å². The van der Waals surface area contributed by atoms with Crippen molar-refractivity contribution in [3.8, 4) is 0 Å². The number of aromatic nitrogens is 2. The van der Waals surface area contributed by atoms with E-state index < -0.39 is 96.2 Å². The fourth-order valence-electron chi connectivity index (χ4n) is 5.56. The molecule has 1 aromatic rings. The largest absolute Gasteiger partial charge is 0.480 e. The van der Waals surface area contributed by atoms with Crippen LogP contribution in [0.4, 0.5) is 0 Å². The molecular weight excluding hydrogens is 803 g/mol. The molecule has 7 amide bonds. The molecule has 23 heteroatoms. The van der Waals surface area contributed by atoms with Crippen LogP contribution in [0, 0.1) is 11.8 Å². The van der Waals surface area contributed by atoms with Crippen LogP contribution >= 0.6 is 11.8 Å².